The molecule has 0 unspecified atom stereocenters. The van der Waals surface area contributed by atoms with Gasteiger partial charge in [0.1, 0.15) is 5.69 Å². The van der Waals surface area contributed by atoms with Gasteiger partial charge in [-0.05, 0) is 31.5 Å². The number of nitro benzene ring substituents is 1. The second-order valence-corrected chi connectivity index (χ2v) is 4.56. The minimum Gasteiger partial charge on any atom is -0.393 e. The number of aromatic nitrogens is 2. The van der Waals surface area contributed by atoms with E-state index >= 15 is 0 Å². The summed E-state index contributed by atoms with van der Waals surface area (Å²) >= 11 is 0. The van der Waals surface area contributed by atoms with Crippen LogP contribution in [-0.4, -0.2) is 14.5 Å². The Kier molecular flexibility index (Phi) is 3.51. The second kappa shape index (κ2) is 5.12. The van der Waals surface area contributed by atoms with E-state index in [9.17, 15) is 14.9 Å². The van der Waals surface area contributed by atoms with Crippen molar-refractivity contribution in [3.63, 3.8) is 0 Å². The van der Waals surface area contributed by atoms with Crippen molar-refractivity contribution in [1.29, 1.82) is 0 Å². The van der Waals surface area contributed by atoms with E-state index in [0.717, 1.165) is 5.69 Å². The number of rotatable bonds is 3. The summed E-state index contributed by atoms with van der Waals surface area (Å²) in [5.74, 6) is 0. The SMILES string of the molecule is Cc1cc(C)n(Cc2ccc([N+](=O)[O-])c(N)c2)c(=O)n1. The van der Waals surface area contributed by atoms with E-state index in [1.165, 1.54) is 16.7 Å². The third kappa shape index (κ3) is 2.66. The first-order valence-corrected chi connectivity index (χ1v) is 5.96. The highest BCUT2D eigenvalue weighted by Gasteiger charge is 2.12. The lowest BCUT2D eigenvalue weighted by molar-refractivity contribution is -0.383. The van der Waals surface area contributed by atoms with Crippen LogP contribution in [0.3, 0.4) is 0 Å². The fourth-order valence-corrected chi connectivity index (χ4v) is 2.02. The summed E-state index contributed by atoms with van der Waals surface area (Å²) in [6.45, 7) is 3.84. The topological polar surface area (TPSA) is 104 Å². The molecule has 0 radical (unpaired) electrons. The first-order valence-electron chi connectivity index (χ1n) is 5.96. The molecule has 0 bridgehead atoms. The summed E-state index contributed by atoms with van der Waals surface area (Å²) in [4.78, 5) is 25.9. The predicted octanol–water partition coefficient (Wildman–Crippen LogP) is 1.40. The summed E-state index contributed by atoms with van der Waals surface area (Å²) in [5.41, 5.74) is 7.37. The Bertz CT molecular complexity index is 737. The van der Waals surface area contributed by atoms with Crippen molar-refractivity contribution in [3.05, 3.63) is 61.8 Å². The van der Waals surface area contributed by atoms with Gasteiger partial charge in [0.2, 0.25) is 0 Å². The van der Waals surface area contributed by atoms with Crippen LogP contribution in [0.2, 0.25) is 0 Å². The number of anilines is 1. The lowest BCUT2D eigenvalue weighted by Crippen LogP contribution is -2.26. The number of nitrogens with zero attached hydrogens (tertiary/aromatic N) is 3. The van der Waals surface area contributed by atoms with Gasteiger partial charge < -0.3 is 5.73 Å². The highest BCUT2D eigenvalue weighted by atomic mass is 16.6. The molecule has 20 heavy (non-hydrogen) atoms. The zero-order valence-corrected chi connectivity index (χ0v) is 11.2. The van der Waals surface area contributed by atoms with Gasteiger partial charge in [-0.1, -0.05) is 6.07 Å². The lowest BCUT2D eigenvalue weighted by atomic mass is 10.1. The van der Waals surface area contributed by atoms with E-state index in [1.807, 2.05) is 6.92 Å². The van der Waals surface area contributed by atoms with Gasteiger partial charge in [0.05, 0.1) is 11.5 Å². The number of hydrogen-bond acceptors (Lipinski definition) is 5. The summed E-state index contributed by atoms with van der Waals surface area (Å²) in [7, 11) is 0. The number of aryl methyl sites for hydroxylation is 2. The van der Waals surface area contributed by atoms with E-state index in [-0.39, 0.29) is 23.6 Å². The lowest BCUT2D eigenvalue weighted by Gasteiger charge is -2.10. The molecule has 0 amide bonds. The van der Waals surface area contributed by atoms with Crippen LogP contribution in [0.5, 0.6) is 0 Å². The zero-order chi connectivity index (χ0) is 14.9. The molecule has 0 aliphatic heterocycles. The minimum atomic E-state index is -0.538. The Morgan fingerprint density at radius 1 is 1.35 bits per heavy atom. The molecule has 0 aliphatic carbocycles. The molecule has 1 heterocycles. The molecule has 0 saturated carbocycles. The molecule has 2 aromatic rings. The van der Waals surface area contributed by atoms with E-state index < -0.39 is 4.92 Å². The molecule has 7 nitrogen and oxygen atoms in total. The smallest absolute Gasteiger partial charge is 0.348 e. The predicted molar refractivity (Wildman–Crippen MR) is 74.6 cm³/mol. The molecule has 0 saturated heterocycles. The highest BCUT2D eigenvalue weighted by molar-refractivity contribution is 5.59. The largest absolute Gasteiger partial charge is 0.393 e. The van der Waals surface area contributed by atoms with Crippen LogP contribution >= 0.6 is 0 Å². The van der Waals surface area contributed by atoms with Crippen LogP contribution in [0.4, 0.5) is 11.4 Å². The Labute approximate surface area is 114 Å². The molecular formula is C13H14N4O3. The monoisotopic (exact) mass is 274 g/mol. The first-order chi connectivity index (χ1) is 9.38. The maximum atomic E-state index is 11.8. The summed E-state index contributed by atoms with van der Waals surface area (Å²) in [6.07, 6.45) is 0. The Morgan fingerprint density at radius 3 is 2.60 bits per heavy atom. The standard InChI is InChI=1S/C13H14N4O3/c1-8-5-9(2)16(13(18)15-8)7-10-3-4-12(17(19)20)11(14)6-10/h3-6H,7,14H2,1-2H3. The third-order valence-electron chi connectivity index (χ3n) is 2.98. The van der Waals surface area contributed by atoms with Gasteiger partial charge in [-0.15, -0.1) is 0 Å². The molecule has 0 aliphatic rings. The van der Waals surface area contributed by atoms with Gasteiger partial charge in [0, 0.05) is 17.5 Å². The maximum Gasteiger partial charge on any atom is 0.348 e. The van der Waals surface area contributed by atoms with Crippen molar-refractivity contribution in [3.8, 4) is 0 Å². The first kappa shape index (κ1) is 13.7. The quantitative estimate of drug-likeness (QED) is 0.517. The number of nitrogens with two attached hydrogens (primary N) is 1. The summed E-state index contributed by atoms with van der Waals surface area (Å²) in [5, 5.41) is 10.7. The fourth-order valence-electron chi connectivity index (χ4n) is 2.02. The Balaban J connectivity index is 2.39. The second-order valence-electron chi connectivity index (χ2n) is 4.56. The van der Waals surface area contributed by atoms with Gasteiger partial charge in [-0.3, -0.25) is 14.7 Å². The van der Waals surface area contributed by atoms with E-state index in [1.54, 1.807) is 19.1 Å². The van der Waals surface area contributed by atoms with Gasteiger partial charge in [-0.2, -0.15) is 4.98 Å². The fraction of sp³-hybridized carbons (Fsp3) is 0.231. The maximum absolute atomic E-state index is 11.8. The molecule has 0 spiro atoms. The zero-order valence-electron chi connectivity index (χ0n) is 11.2. The van der Waals surface area contributed by atoms with Gasteiger partial charge in [0.15, 0.2) is 0 Å². The van der Waals surface area contributed by atoms with Gasteiger partial charge >= 0.3 is 5.69 Å². The molecule has 0 atom stereocenters. The molecule has 104 valence electrons. The van der Waals surface area contributed by atoms with Crippen LogP contribution in [0.1, 0.15) is 17.0 Å². The normalized spacial score (nSPS) is 10.5. The molecule has 7 heteroatoms. The average Bonchev–Trinajstić information content (AvgIpc) is 2.33. The van der Waals surface area contributed by atoms with Crippen molar-refractivity contribution in [2.45, 2.75) is 20.4 Å². The molecule has 0 fully saturated rings. The average molecular weight is 274 g/mol. The molecule has 1 aromatic carbocycles. The van der Waals surface area contributed by atoms with Gasteiger partial charge in [0.25, 0.3) is 5.69 Å². The van der Waals surface area contributed by atoms with E-state index in [0.29, 0.717) is 11.3 Å². The van der Waals surface area contributed by atoms with Crippen molar-refractivity contribution in [2.75, 3.05) is 5.73 Å². The van der Waals surface area contributed by atoms with Crippen LogP contribution in [0, 0.1) is 24.0 Å². The Hall–Kier alpha value is -2.70. The van der Waals surface area contributed by atoms with Crippen molar-refractivity contribution >= 4 is 11.4 Å². The molecule has 2 N–H and O–H groups in total. The van der Waals surface area contributed by atoms with Gasteiger partial charge in [-0.25, -0.2) is 4.79 Å². The van der Waals surface area contributed by atoms with Crippen LogP contribution < -0.4 is 11.4 Å². The third-order valence-corrected chi connectivity index (χ3v) is 2.98. The van der Waals surface area contributed by atoms with Crippen molar-refractivity contribution in [1.82, 2.24) is 9.55 Å². The van der Waals surface area contributed by atoms with Crippen LogP contribution in [0.15, 0.2) is 29.1 Å². The van der Waals surface area contributed by atoms with Crippen molar-refractivity contribution < 1.29 is 4.92 Å². The summed E-state index contributed by atoms with van der Waals surface area (Å²) in [6, 6.07) is 6.23. The number of nitrogen functional groups attached to an aromatic ring is 1. The van der Waals surface area contributed by atoms with Crippen molar-refractivity contribution in [2.24, 2.45) is 0 Å². The number of hydrogen-bond donors (Lipinski definition) is 1. The van der Waals surface area contributed by atoms with E-state index in [4.69, 9.17) is 5.73 Å². The molecule has 2 rings (SSSR count). The highest BCUT2D eigenvalue weighted by Crippen LogP contribution is 2.22. The number of benzene rings is 1. The molecular weight excluding hydrogens is 260 g/mol. The van der Waals surface area contributed by atoms with E-state index in [2.05, 4.69) is 4.98 Å². The summed E-state index contributed by atoms with van der Waals surface area (Å²) < 4.78 is 1.49. The van der Waals surface area contributed by atoms with Crippen LogP contribution in [0.25, 0.3) is 0 Å². The number of nitro groups is 1. The van der Waals surface area contributed by atoms with Crippen LogP contribution in [-0.2, 0) is 6.54 Å². The minimum absolute atomic E-state index is 0.0817. The Morgan fingerprint density at radius 2 is 2.05 bits per heavy atom. The molecule has 1 aromatic heterocycles.